The molecule has 8 heteroatoms. The molecule has 0 aliphatic heterocycles. The van der Waals surface area contributed by atoms with Crippen molar-refractivity contribution in [1.29, 1.82) is 0 Å². The van der Waals surface area contributed by atoms with Gasteiger partial charge in [-0.3, -0.25) is 9.59 Å². The second kappa shape index (κ2) is 6.66. The summed E-state index contributed by atoms with van der Waals surface area (Å²) in [5.74, 6) is -1.05. The number of hydrogen-bond donors (Lipinski definition) is 1. The van der Waals surface area contributed by atoms with Gasteiger partial charge in [-0.15, -0.1) is 0 Å². The summed E-state index contributed by atoms with van der Waals surface area (Å²) in [6, 6.07) is 4.00. The predicted molar refractivity (Wildman–Crippen MR) is 81.5 cm³/mol. The van der Waals surface area contributed by atoms with Gasteiger partial charge in [0.2, 0.25) is 0 Å². The number of rotatable bonds is 5. The fourth-order valence-corrected chi connectivity index (χ4v) is 2.73. The van der Waals surface area contributed by atoms with Crippen LogP contribution in [0.2, 0.25) is 5.02 Å². The Morgan fingerprint density at radius 2 is 2.05 bits per heavy atom. The smallest absolute Gasteiger partial charge is 0.309 e. The van der Waals surface area contributed by atoms with Crippen molar-refractivity contribution in [3.63, 3.8) is 0 Å². The van der Waals surface area contributed by atoms with E-state index < -0.39 is 22.4 Å². The van der Waals surface area contributed by atoms with Crippen LogP contribution in [0.3, 0.4) is 0 Å². The zero-order valence-corrected chi connectivity index (χ0v) is 13.5. The standard InChI is InChI=1S/C14H16ClNO5S/c1-22(19,20)10-5-6-11(15)12(7-10)16-13(17)8-21-14(18)9-3-2-4-9/h5-7,9H,2-4,8H2,1H3,(H,16,17). The Morgan fingerprint density at radius 1 is 1.36 bits per heavy atom. The lowest BCUT2D eigenvalue weighted by Gasteiger charge is -2.22. The molecular weight excluding hydrogens is 330 g/mol. The fourth-order valence-electron chi connectivity index (χ4n) is 1.92. The van der Waals surface area contributed by atoms with Crippen molar-refractivity contribution in [1.82, 2.24) is 0 Å². The maximum Gasteiger partial charge on any atom is 0.309 e. The Morgan fingerprint density at radius 3 is 2.59 bits per heavy atom. The van der Waals surface area contributed by atoms with Gasteiger partial charge in [0, 0.05) is 6.26 Å². The lowest BCUT2D eigenvalue weighted by molar-refractivity contribution is -0.154. The third-order valence-corrected chi connectivity index (χ3v) is 4.86. The number of anilines is 1. The molecule has 1 N–H and O–H groups in total. The van der Waals surface area contributed by atoms with Gasteiger partial charge in [0.25, 0.3) is 5.91 Å². The molecule has 1 fully saturated rings. The van der Waals surface area contributed by atoms with Crippen molar-refractivity contribution in [3.8, 4) is 0 Å². The quantitative estimate of drug-likeness (QED) is 0.825. The van der Waals surface area contributed by atoms with Crippen LogP contribution in [-0.2, 0) is 24.2 Å². The molecule has 0 radical (unpaired) electrons. The molecule has 1 aromatic carbocycles. The number of amides is 1. The molecule has 1 aliphatic carbocycles. The summed E-state index contributed by atoms with van der Waals surface area (Å²) in [6.07, 6.45) is 3.65. The van der Waals surface area contributed by atoms with Gasteiger partial charge >= 0.3 is 5.97 Å². The Balaban J connectivity index is 1.97. The molecule has 1 aliphatic rings. The summed E-state index contributed by atoms with van der Waals surface area (Å²) in [5.41, 5.74) is 0.161. The van der Waals surface area contributed by atoms with E-state index >= 15 is 0 Å². The number of carbonyl (C=O) groups excluding carboxylic acids is 2. The van der Waals surface area contributed by atoms with Gasteiger partial charge < -0.3 is 10.1 Å². The van der Waals surface area contributed by atoms with Gasteiger partial charge in [-0.1, -0.05) is 18.0 Å². The molecule has 0 bridgehead atoms. The average molecular weight is 346 g/mol. The molecule has 120 valence electrons. The fraction of sp³-hybridized carbons (Fsp3) is 0.429. The van der Waals surface area contributed by atoms with Crippen molar-refractivity contribution < 1.29 is 22.7 Å². The summed E-state index contributed by atoms with van der Waals surface area (Å²) >= 11 is 5.92. The molecular formula is C14H16ClNO5S. The van der Waals surface area contributed by atoms with E-state index in [1.54, 1.807) is 0 Å². The van der Waals surface area contributed by atoms with Crippen LogP contribution >= 0.6 is 11.6 Å². The van der Waals surface area contributed by atoms with Gasteiger partial charge in [0.05, 0.1) is 21.5 Å². The molecule has 1 aromatic rings. The largest absolute Gasteiger partial charge is 0.455 e. The van der Waals surface area contributed by atoms with Gasteiger partial charge in [0.1, 0.15) is 0 Å². The Bertz CT molecular complexity index is 697. The van der Waals surface area contributed by atoms with E-state index in [-0.39, 0.29) is 27.5 Å². The number of carbonyl (C=O) groups is 2. The van der Waals surface area contributed by atoms with Crippen LogP contribution in [0.15, 0.2) is 23.1 Å². The second-order valence-electron chi connectivity index (χ2n) is 5.20. The van der Waals surface area contributed by atoms with E-state index in [0.29, 0.717) is 0 Å². The van der Waals surface area contributed by atoms with Crippen molar-refractivity contribution in [2.75, 3.05) is 18.2 Å². The third-order valence-electron chi connectivity index (χ3n) is 3.42. The molecule has 0 aromatic heterocycles. The Kier molecular flexibility index (Phi) is 5.08. The van der Waals surface area contributed by atoms with E-state index in [9.17, 15) is 18.0 Å². The maximum atomic E-state index is 11.8. The SMILES string of the molecule is CS(=O)(=O)c1ccc(Cl)c(NC(=O)COC(=O)C2CCC2)c1. The van der Waals surface area contributed by atoms with E-state index in [1.807, 2.05) is 0 Å². The zero-order chi connectivity index (χ0) is 16.3. The summed E-state index contributed by atoms with van der Waals surface area (Å²) in [7, 11) is -3.41. The predicted octanol–water partition coefficient (Wildman–Crippen LogP) is 2.03. The van der Waals surface area contributed by atoms with Crippen LogP contribution < -0.4 is 5.32 Å². The number of halogens is 1. The molecule has 22 heavy (non-hydrogen) atoms. The minimum atomic E-state index is -3.41. The van der Waals surface area contributed by atoms with Crippen LogP contribution in [0, 0.1) is 5.92 Å². The molecule has 0 unspecified atom stereocenters. The van der Waals surface area contributed by atoms with E-state index in [0.717, 1.165) is 25.5 Å². The van der Waals surface area contributed by atoms with Crippen molar-refractivity contribution in [3.05, 3.63) is 23.2 Å². The molecule has 0 heterocycles. The third kappa shape index (κ3) is 4.20. The Hall–Kier alpha value is -1.60. The van der Waals surface area contributed by atoms with Gasteiger partial charge in [-0.25, -0.2) is 8.42 Å². The highest BCUT2D eigenvalue weighted by molar-refractivity contribution is 7.90. The number of nitrogens with one attached hydrogen (secondary N) is 1. The zero-order valence-electron chi connectivity index (χ0n) is 12.0. The normalized spacial score (nSPS) is 15.0. The monoisotopic (exact) mass is 345 g/mol. The summed E-state index contributed by atoms with van der Waals surface area (Å²) in [5, 5.41) is 2.64. The summed E-state index contributed by atoms with van der Waals surface area (Å²) < 4.78 is 27.9. The highest BCUT2D eigenvalue weighted by atomic mass is 35.5. The lowest BCUT2D eigenvalue weighted by Crippen LogP contribution is -2.28. The van der Waals surface area contributed by atoms with E-state index in [1.165, 1.54) is 18.2 Å². The van der Waals surface area contributed by atoms with Crippen molar-refractivity contribution in [2.45, 2.75) is 24.2 Å². The molecule has 6 nitrogen and oxygen atoms in total. The lowest BCUT2D eigenvalue weighted by atomic mass is 9.86. The first kappa shape index (κ1) is 16.8. The van der Waals surface area contributed by atoms with Gasteiger partial charge in [0.15, 0.2) is 16.4 Å². The highest BCUT2D eigenvalue weighted by Gasteiger charge is 2.27. The average Bonchev–Trinajstić information content (AvgIpc) is 2.35. The maximum absolute atomic E-state index is 11.8. The van der Waals surface area contributed by atoms with Crippen molar-refractivity contribution in [2.24, 2.45) is 5.92 Å². The number of sulfone groups is 1. The van der Waals surface area contributed by atoms with Crippen LogP contribution in [0.1, 0.15) is 19.3 Å². The molecule has 0 spiro atoms. The van der Waals surface area contributed by atoms with E-state index in [2.05, 4.69) is 5.32 Å². The first-order chi connectivity index (χ1) is 10.3. The number of ether oxygens (including phenoxy) is 1. The first-order valence-corrected chi connectivity index (χ1v) is 9.00. The van der Waals surface area contributed by atoms with Crippen LogP contribution in [-0.4, -0.2) is 33.2 Å². The topological polar surface area (TPSA) is 89.5 Å². The first-order valence-electron chi connectivity index (χ1n) is 6.73. The minimum Gasteiger partial charge on any atom is -0.455 e. The van der Waals surface area contributed by atoms with Crippen molar-refractivity contribution >= 4 is 39.0 Å². The van der Waals surface area contributed by atoms with Crippen LogP contribution in [0.5, 0.6) is 0 Å². The summed E-state index contributed by atoms with van der Waals surface area (Å²) in [6.45, 7) is -0.422. The van der Waals surface area contributed by atoms with Gasteiger partial charge in [-0.2, -0.15) is 0 Å². The number of esters is 1. The number of benzene rings is 1. The van der Waals surface area contributed by atoms with Crippen LogP contribution in [0.25, 0.3) is 0 Å². The number of hydrogen-bond acceptors (Lipinski definition) is 5. The molecule has 1 amide bonds. The van der Waals surface area contributed by atoms with E-state index in [4.69, 9.17) is 16.3 Å². The molecule has 2 rings (SSSR count). The Labute approximate surface area is 133 Å². The van der Waals surface area contributed by atoms with Crippen LogP contribution in [0.4, 0.5) is 5.69 Å². The minimum absolute atomic E-state index is 0.0404. The highest BCUT2D eigenvalue weighted by Crippen LogP contribution is 2.27. The van der Waals surface area contributed by atoms with Gasteiger partial charge in [-0.05, 0) is 31.0 Å². The molecule has 1 saturated carbocycles. The summed E-state index contributed by atoms with van der Waals surface area (Å²) in [4.78, 5) is 23.3. The molecule has 0 saturated heterocycles. The second-order valence-corrected chi connectivity index (χ2v) is 7.62. The molecule has 0 atom stereocenters.